The Morgan fingerprint density at radius 1 is 1.13 bits per heavy atom. The van der Waals surface area contributed by atoms with Crippen molar-refractivity contribution in [2.45, 2.75) is 6.54 Å². The van der Waals surface area contributed by atoms with E-state index in [0.29, 0.717) is 11.4 Å². The largest absolute Gasteiger partial charge is 0.337 e. The lowest BCUT2D eigenvalue weighted by atomic mass is 10.2. The number of nitrogens with zero attached hydrogens (tertiary/aromatic N) is 2. The highest BCUT2D eigenvalue weighted by molar-refractivity contribution is 9.10. The van der Waals surface area contributed by atoms with Crippen molar-refractivity contribution in [1.29, 1.82) is 0 Å². The highest BCUT2D eigenvalue weighted by atomic mass is 79.9. The first-order valence-corrected chi connectivity index (χ1v) is 8.75. The van der Waals surface area contributed by atoms with Gasteiger partial charge in [-0.2, -0.15) is 0 Å². The molecule has 0 spiro atoms. The molecule has 1 amide bonds. The second-order valence-corrected chi connectivity index (χ2v) is 7.13. The molecule has 1 aromatic heterocycles. The summed E-state index contributed by atoms with van der Waals surface area (Å²) in [4.78, 5) is 19.3. The van der Waals surface area contributed by atoms with Crippen LogP contribution in [0.5, 0.6) is 0 Å². The Labute approximate surface area is 147 Å². The topological polar surface area (TPSA) is 33.2 Å². The van der Waals surface area contributed by atoms with E-state index in [1.807, 2.05) is 61.6 Å². The SMILES string of the molecule is CN(Cc1ccc(Br)cc1)C(=O)c1cnc(-c2ccccc2)s1. The average molecular weight is 387 g/mol. The lowest BCUT2D eigenvalue weighted by molar-refractivity contribution is 0.0789. The predicted molar refractivity (Wildman–Crippen MR) is 97.5 cm³/mol. The minimum atomic E-state index is -0.00685. The number of carbonyl (C=O) groups excluding carboxylic acids is 1. The van der Waals surface area contributed by atoms with Gasteiger partial charge in [-0.15, -0.1) is 11.3 Å². The van der Waals surface area contributed by atoms with E-state index in [0.717, 1.165) is 20.6 Å². The van der Waals surface area contributed by atoms with Crippen molar-refractivity contribution in [3.05, 3.63) is 75.7 Å². The van der Waals surface area contributed by atoms with Crippen LogP contribution in [0.15, 0.2) is 65.3 Å². The number of benzene rings is 2. The van der Waals surface area contributed by atoms with Crippen LogP contribution in [0.4, 0.5) is 0 Å². The molecule has 0 aliphatic rings. The number of aromatic nitrogens is 1. The first-order chi connectivity index (χ1) is 11.1. The molecule has 0 unspecified atom stereocenters. The van der Waals surface area contributed by atoms with Gasteiger partial charge in [0.05, 0.1) is 6.20 Å². The summed E-state index contributed by atoms with van der Waals surface area (Å²) in [5.74, 6) is -0.00685. The molecule has 23 heavy (non-hydrogen) atoms. The lowest BCUT2D eigenvalue weighted by Crippen LogP contribution is -2.25. The maximum atomic E-state index is 12.5. The predicted octanol–water partition coefficient (Wildman–Crippen LogP) is 4.84. The second-order valence-electron chi connectivity index (χ2n) is 5.18. The van der Waals surface area contributed by atoms with Crippen LogP contribution in [0.3, 0.4) is 0 Å². The molecule has 0 saturated carbocycles. The highest BCUT2D eigenvalue weighted by Gasteiger charge is 2.16. The van der Waals surface area contributed by atoms with Crippen LogP contribution in [0, 0.1) is 0 Å². The van der Waals surface area contributed by atoms with Gasteiger partial charge in [-0.3, -0.25) is 4.79 Å². The van der Waals surface area contributed by atoms with Gasteiger partial charge in [-0.05, 0) is 17.7 Å². The van der Waals surface area contributed by atoms with E-state index in [2.05, 4.69) is 20.9 Å². The Balaban J connectivity index is 1.72. The van der Waals surface area contributed by atoms with Gasteiger partial charge in [0.15, 0.2) is 0 Å². The summed E-state index contributed by atoms with van der Waals surface area (Å²) in [6.45, 7) is 0.574. The Kier molecular flexibility index (Phi) is 4.88. The standard InChI is InChI=1S/C18H15BrN2OS/c1-21(12-13-7-9-15(19)10-8-13)18(22)16-11-20-17(23-16)14-5-3-2-4-6-14/h2-11H,12H2,1H3. The number of thiazole rings is 1. The minimum absolute atomic E-state index is 0.00685. The van der Waals surface area contributed by atoms with Crippen molar-refractivity contribution in [1.82, 2.24) is 9.88 Å². The molecule has 0 aliphatic heterocycles. The third kappa shape index (κ3) is 3.86. The fourth-order valence-electron chi connectivity index (χ4n) is 2.21. The molecule has 0 fully saturated rings. The van der Waals surface area contributed by atoms with Crippen LogP contribution >= 0.6 is 27.3 Å². The molecule has 0 saturated heterocycles. The maximum Gasteiger partial charge on any atom is 0.265 e. The molecule has 116 valence electrons. The molecule has 0 bridgehead atoms. The Morgan fingerprint density at radius 2 is 1.83 bits per heavy atom. The Hall–Kier alpha value is -1.98. The van der Waals surface area contributed by atoms with E-state index in [1.54, 1.807) is 11.1 Å². The fraction of sp³-hybridized carbons (Fsp3) is 0.111. The third-order valence-electron chi connectivity index (χ3n) is 3.42. The van der Waals surface area contributed by atoms with E-state index < -0.39 is 0 Å². The number of carbonyl (C=O) groups is 1. The Morgan fingerprint density at radius 3 is 2.52 bits per heavy atom. The van der Waals surface area contributed by atoms with E-state index in [4.69, 9.17) is 0 Å². The summed E-state index contributed by atoms with van der Waals surface area (Å²) in [5.41, 5.74) is 2.13. The van der Waals surface area contributed by atoms with Crippen LogP contribution in [-0.4, -0.2) is 22.8 Å². The van der Waals surface area contributed by atoms with E-state index in [9.17, 15) is 4.79 Å². The molecular formula is C18H15BrN2OS. The fourth-order valence-corrected chi connectivity index (χ4v) is 3.39. The molecule has 5 heteroatoms. The summed E-state index contributed by atoms with van der Waals surface area (Å²) < 4.78 is 1.03. The van der Waals surface area contributed by atoms with Crippen molar-refractivity contribution in [2.75, 3.05) is 7.05 Å². The van der Waals surface area contributed by atoms with Crippen molar-refractivity contribution in [3.63, 3.8) is 0 Å². The lowest BCUT2D eigenvalue weighted by Gasteiger charge is -2.16. The van der Waals surface area contributed by atoms with Crippen LogP contribution in [-0.2, 0) is 6.54 Å². The van der Waals surface area contributed by atoms with Gasteiger partial charge in [0.25, 0.3) is 5.91 Å². The van der Waals surface area contributed by atoms with Gasteiger partial charge in [0.1, 0.15) is 9.88 Å². The van der Waals surface area contributed by atoms with Gasteiger partial charge >= 0.3 is 0 Å². The summed E-state index contributed by atoms with van der Waals surface area (Å²) in [5, 5.41) is 0.867. The summed E-state index contributed by atoms with van der Waals surface area (Å²) in [7, 11) is 1.81. The number of rotatable bonds is 4. The quantitative estimate of drug-likeness (QED) is 0.642. The first kappa shape index (κ1) is 15.9. The number of amides is 1. The molecule has 0 aliphatic carbocycles. The average Bonchev–Trinajstić information content (AvgIpc) is 3.07. The molecule has 0 atom stereocenters. The maximum absolute atomic E-state index is 12.5. The number of halogens is 1. The molecule has 2 aromatic carbocycles. The zero-order valence-electron chi connectivity index (χ0n) is 12.6. The second kappa shape index (κ2) is 7.06. The molecule has 0 radical (unpaired) electrons. The zero-order valence-corrected chi connectivity index (χ0v) is 15.0. The normalized spacial score (nSPS) is 10.5. The highest BCUT2D eigenvalue weighted by Crippen LogP contribution is 2.25. The molecular weight excluding hydrogens is 372 g/mol. The Bertz CT molecular complexity index is 799. The van der Waals surface area contributed by atoms with Crippen LogP contribution < -0.4 is 0 Å². The minimum Gasteiger partial charge on any atom is -0.337 e. The first-order valence-electron chi connectivity index (χ1n) is 7.14. The van der Waals surface area contributed by atoms with Gasteiger partial charge in [0, 0.05) is 23.6 Å². The van der Waals surface area contributed by atoms with Crippen LogP contribution in [0.1, 0.15) is 15.2 Å². The molecule has 0 N–H and O–H groups in total. The monoisotopic (exact) mass is 386 g/mol. The number of hydrogen-bond donors (Lipinski definition) is 0. The summed E-state index contributed by atoms with van der Waals surface area (Å²) in [6, 6.07) is 17.9. The molecule has 3 rings (SSSR count). The summed E-state index contributed by atoms with van der Waals surface area (Å²) >= 11 is 4.84. The molecule has 3 aromatic rings. The van der Waals surface area contributed by atoms with Gasteiger partial charge in [0.2, 0.25) is 0 Å². The van der Waals surface area contributed by atoms with E-state index in [1.165, 1.54) is 11.3 Å². The van der Waals surface area contributed by atoms with Crippen molar-refractivity contribution in [2.24, 2.45) is 0 Å². The van der Waals surface area contributed by atoms with Gasteiger partial charge in [-0.1, -0.05) is 58.4 Å². The van der Waals surface area contributed by atoms with Crippen molar-refractivity contribution in [3.8, 4) is 10.6 Å². The van der Waals surface area contributed by atoms with Crippen LogP contribution in [0.25, 0.3) is 10.6 Å². The summed E-state index contributed by atoms with van der Waals surface area (Å²) in [6.07, 6.45) is 1.66. The van der Waals surface area contributed by atoms with Crippen LogP contribution in [0.2, 0.25) is 0 Å². The van der Waals surface area contributed by atoms with E-state index in [-0.39, 0.29) is 5.91 Å². The number of hydrogen-bond acceptors (Lipinski definition) is 3. The van der Waals surface area contributed by atoms with Crippen molar-refractivity contribution < 1.29 is 4.79 Å². The van der Waals surface area contributed by atoms with Gasteiger partial charge < -0.3 is 4.90 Å². The third-order valence-corrected chi connectivity index (χ3v) is 4.98. The smallest absolute Gasteiger partial charge is 0.265 e. The molecule has 1 heterocycles. The van der Waals surface area contributed by atoms with Crippen molar-refractivity contribution >= 4 is 33.2 Å². The molecule has 3 nitrogen and oxygen atoms in total. The zero-order chi connectivity index (χ0) is 16.2. The van der Waals surface area contributed by atoms with E-state index >= 15 is 0 Å². The van der Waals surface area contributed by atoms with Gasteiger partial charge in [-0.25, -0.2) is 4.98 Å².